The van der Waals surface area contributed by atoms with Gasteiger partial charge in [-0.15, -0.1) is 0 Å². The Bertz CT molecular complexity index is 857. The largest absolute Gasteiger partial charge is 0.480 e. The molecular formula is C26H53N6O12+. The molecule has 1 saturated heterocycles. The van der Waals surface area contributed by atoms with Gasteiger partial charge in [-0.3, -0.25) is 25.1 Å². The Balaban J connectivity index is -0.000000225. The highest BCUT2D eigenvalue weighted by Crippen LogP contribution is 2.01. The van der Waals surface area contributed by atoms with Gasteiger partial charge in [0.15, 0.2) is 5.96 Å². The SMILES string of the molecule is CN1CC(=O)NC1=N.C[N+](C)(C)CCO.NC(Cc1ccccc1)C(=O)O.NCC(=O)O.OCC(O)CO.OCC(O)CO. The number of nitrogens with one attached hydrogen (secondary N) is 2. The number of carbonyl (C=O) groups is 3. The molecule has 1 aliphatic heterocycles. The minimum atomic E-state index is -0.968. The molecule has 258 valence electrons. The van der Waals surface area contributed by atoms with Gasteiger partial charge in [0, 0.05) is 7.05 Å². The first kappa shape index (κ1) is 47.6. The molecule has 1 atom stereocenters. The molecule has 15 N–H and O–H groups in total. The smallest absolute Gasteiger partial charge is 0.320 e. The van der Waals surface area contributed by atoms with E-state index in [1.807, 2.05) is 30.3 Å². The maximum atomic E-state index is 10.4. The molecule has 1 heterocycles. The molecule has 1 fully saturated rings. The Morgan fingerprint density at radius 1 is 0.955 bits per heavy atom. The third kappa shape index (κ3) is 36.7. The van der Waals surface area contributed by atoms with Crippen LogP contribution in [0.3, 0.4) is 0 Å². The quantitative estimate of drug-likeness (QED) is 0.106. The molecule has 0 radical (unpaired) electrons. The van der Waals surface area contributed by atoms with Gasteiger partial charge in [0.2, 0.25) is 5.91 Å². The third-order valence-electron chi connectivity index (χ3n) is 4.42. The zero-order chi connectivity index (χ0) is 35.3. The molecule has 2 rings (SSSR count). The standard InChI is InChI=1S/C9H11NO2.C5H14NO.C4H7N3O.2C3H8O3.C2H5NO2/c10-8(9(11)12)6-7-4-2-1-3-5-7;1-6(2,3)4-5-7;1-7-2-3(8)6-4(7)5;2*4-1-3(6)2-5;3-1-2(4)5/h1-5,8H,6,10H2,(H,11,12);7H,4-5H2,1-3H3;2H2,1H3,(H2,5,6,8);2*3-6H,1-2H2;1,3H2,(H,4,5)/q;+1;;;;. The van der Waals surface area contributed by atoms with Gasteiger partial charge >= 0.3 is 11.9 Å². The summed E-state index contributed by atoms with van der Waals surface area (Å²) in [7, 11) is 7.85. The number of guanidine groups is 1. The van der Waals surface area contributed by atoms with E-state index in [1.165, 1.54) is 0 Å². The molecular weight excluding hydrogens is 588 g/mol. The number of carboxylic acid groups (broad SMARTS) is 2. The predicted octanol–water partition coefficient (Wildman–Crippen LogP) is -5.00. The van der Waals surface area contributed by atoms with Gasteiger partial charge in [0.25, 0.3) is 0 Å². The van der Waals surface area contributed by atoms with Crippen LogP contribution in [0.1, 0.15) is 5.56 Å². The average Bonchev–Trinajstić information content (AvgIpc) is 3.27. The summed E-state index contributed by atoms with van der Waals surface area (Å²) >= 11 is 0. The number of nitrogens with two attached hydrogens (primary N) is 2. The van der Waals surface area contributed by atoms with E-state index in [1.54, 1.807) is 11.9 Å². The van der Waals surface area contributed by atoms with Gasteiger partial charge in [-0.2, -0.15) is 0 Å². The van der Waals surface area contributed by atoms with Crippen molar-refractivity contribution in [2.75, 3.05) is 80.9 Å². The lowest BCUT2D eigenvalue weighted by molar-refractivity contribution is -0.870. The zero-order valence-electron chi connectivity index (χ0n) is 25.8. The first-order valence-corrected chi connectivity index (χ1v) is 13.1. The molecule has 44 heavy (non-hydrogen) atoms. The molecule has 18 nitrogen and oxygen atoms in total. The lowest BCUT2D eigenvalue weighted by atomic mass is 10.1. The highest BCUT2D eigenvalue weighted by atomic mass is 16.4. The van der Waals surface area contributed by atoms with Crippen LogP contribution < -0.4 is 16.8 Å². The van der Waals surface area contributed by atoms with Crippen molar-refractivity contribution < 1.29 is 64.8 Å². The second-order valence-corrected chi connectivity index (χ2v) is 9.76. The van der Waals surface area contributed by atoms with Crippen molar-refractivity contribution in [2.45, 2.75) is 24.7 Å². The van der Waals surface area contributed by atoms with Crippen LogP contribution in [0.15, 0.2) is 30.3 Å². The first-order valence-electron chi connectivity index (χ1n) is 13.1. The second-order valence-electron chi connectivity index (χ2n) is 9.76. The number of amides is 1. The topological polar surface area (TPSA) is 324 Å². The van der Waals surface area contributed by atoms with E-state index in [4.69, 9.17) is 57.1 Å². The predicted molar refractivity (Wildman–Crippen MR) is 161 cm³/mol. The van der Waals surface area contributed by atoms with E-state index in [2.05, 4.69) is 32.2 Å². The van der Waals surface area contributed by atoms with Crippen molar-refractivity contribution in [3.63, 3.8) is 0 Å². The molecule has 0 aliphatic carbocycles. The van der Waals surface area contributed by atoms with Gasteiger partial charge in [-0.25, -0.2) is 0 Å². The Hall–Kier alpha value is -3.30. The highest BCUT2D eigenvalue weighted by Gasteiger charge is 2.18. The summed E-state index contributed by atoms with van der Waals surface area (Å²) in [6.45, 7) is -0.303. The Kier molecular flexibility index (Phi) is 32.2. The maximum absolute atomic E-state index is 10.4. The highest BCUT2D eigenvalue weighted by molar-refractivity contribution is 6.02. The minimum absolute atomic E-state index is 0.0995. The molecule has 0 aromatic heterocycles. The molecule has 1 aromatic carbocycles. The fourth-order valence-corrected chi connectivity index (χ4v) is 1.93. The summed E-state index contributed by atoms with van der Waals surface area (Å²) in [4.78, 5) is 31.5. The molecule has 1 unspecified atom stereocenters. The van der Waals surface area contributed by atoms with E-state index in [-0.39, 0.29) is 51.4 Å². The average molecular weight is 642 g/mol. The maximum Gasteiger partial charge on any atom is 0.320 e. The number of nitrogens with zero attached hydrogens (tertiary/aromatic N) is 2. The molecule has 0 spiro atoms. The van der Waals surface area contributed by atoms with Crippen LogP contribution in [-0.4, -0.2) is 178 Å². The van der Waals surface area contributed by atoms with Crippen LogP contribution in [0.5, 0.6) is 0 Å². The van der Waals surface area contributed by atoms with Crippen molar-refractivity contribution in [3.05, 3.63) is 35.9 Å². The van der Waals surface area contributed by atoms with Gasteiger partial charge in [-0.05, 0) is 12.0 Å². The number of quaternary nitrogens is 1. The van der Waals surface area contributed by atoms with Crippen molar-refractivity contribution in [1.29, 1.82) is 5.41 Å². The number of carboxylic acids is 2. The van der Waals surface area contributed by atoms with Crippen molar-refractivity contribution in [3.8, 4) is 0 Å². The summed E-state index contributed by atoms with van der Waals surface area (Å²) in [5.41, 5.74) is 10.9. The minimum Gasteiger partial charge on any atom is -0.480 e. The fourth-order valence-electron chi connectivity index (χ4n) is 1.93. The first-order chi connectivity index (χ1) is 20.3. The Morgan fingerprint density at radius 2 is 1.36 bits per heavy atom. The molecule has 1 aromatic rings. The van der Waals surface area contributed by atoms with Gasteiger partial charge in [0.1, 0.15) is 24.8 Å². The summed E-state index contributed by atoms with van der Waals surface area (Å²) in [6, 6.07) is 8.54. The summed E-state index contributed by atoms with van der Waals surface area (Å²) in [6.07, 6.45) is -1.52. The number of likely N-dealkylation sites (N-methyl/N-ethyl adjacent to an activating group) is 2. The Morgan fingerprint density at radius 3 is 1.52 bits per heavy atom. The fraction of sp³-hybridized carbons (Fsp3) is 0.615. The Labute approximate surface area is 257 Å². The molecule has 18 heteroatoms. The zero-order valence-corrected chi connectivity index (χ0v) is 25.8. The third-order valence-corrected chi connectivity index (χ3v) is 4.42. The lowest BCUT2D eigenvalue weighted by Crippen LogP contribution is -2.36. The number of aliphatic hydroxyl groups is 7. The van der Waals surface area contributed by atoms with E-state index in [9.17, 15) is 14.4 Å². The summed E-state index contributed by atoms with van der Waals surface area (Å²) in [5, 5.41) is 81.9. The number of hydrogen-bond acceptors (Lipinski definition) is 13. The number of aliphatic carboxylic acids is 2. The van der Waals surface area contributed by atoms with Crippen LogP contribution in [-0.2, 0) is 20.8 Å². The van der Waals surface area contributed by atoms with E-state index < -0.39 is 30.2 Å². The van der Waals surface area contributed by atoms with Crippen molar-refractivity contribution >= 4 is 23.8 Å². The number of hydrogen-bond donors (Lipinski definition) is 13. The van der Waals surface area contributed by atoms with Crippen molar-refractivity contribution in [2.24, 2.45) is 11.5 Å². The number of carbonyl (C=O) groups excluding carboxylic acids is 1. The van der Waals surface area contributed by atoms with Gasteiger partial charge < -0.3 is 66.8 Å². The van der Waals surface area contributed by atoms with Gasteiger partial charge in [-0.1, -0.05) is 30.3 Å². The molecule has 0 bridgehead atoms. The molecule has 1 aliphatic rings. The van der Waals surface area contributed by atoms with Crippen LogP contribution >= 0.6 is 0 Å². The number of aliphatic hydroxyl groups excluding tert-OH is 7. The van der Waals surface area contributed by atoms with Crippen LogP contribution in [0, 0.1) is 5.41 Å². The normalized spacial score (nSPS) is 12.4. The number of benzene rings is 1. The summed E-state index contributed by atoms with van der Waals surface area (Å²) in [5.74, 6) is -1.84. The summed E-state index contributed by atoms with van der Waals surface area (Å²) < 4.78 is 0.844. The van der Waals surface area contributed by atoms with Crippen molar-refractivity contribution in [1.82, 2.24) is 10.2 Å². The molecule has 1 amide bonds. The van der Waals surface area contributed by atoms with Gasteiger partial charge in [0.05, 0.1) is 67.3 Å². The van der Waals surface area contributed by atoms with E-state index in [0.29, 0.717) is 13.0 Å². The van der Waals surface area contributed by atoms with Crippen LogP contribution in [0.25, 0.3) is 0 Å². The van der Waals surface area contributed by atoms with Crippen LogP contribution in [0.4, 0.5) is 0 Å². The van der Waals surface area contributed by atoms with E-state index >= 15 is 0 Å². The lowest BCUT2D eigenvalue weighted by Gasteiger charge is -2.21. The van der Waals surface area contributed by atoms with E-state index in [0.717, 1.165) is 16.6 Å². The number of rotatable bonds is 10. The second kappa shape index (κ2) is 29.8. The monoisotopic (exact) mass is 641 g/mol. The van der Waals surface area contributed by atoms with Crippen LogP contribution in [0.2, 0.25) is 0 Å². The molecule has 0 saturated carbocycles.